The first-order valence-corrected chi connectivity index (χ1v) is 6.46. The van der Waals surface area contributed by atoms with Crippen LogP contribution in [0.2, 0.25) is 0 Å². The SMILES string of the molecule is CCn1nc(C)cc1C(N)Cc1ccsc1. The van der Waals surface area contributed by atoms with Crippen LogP contribution in [0.25, 0.3) is 0 Å². The third kappa shape index (κ3) is 2.33. The molecule has 1 unspecified atom stereocenters. The second-order valence-corrected chi connectivity index (χ2v) is 4.75. The van der Waals surface area contributed by atoms with Crippen LogP contribution < -0.4 is 5.73 Å². The molecule has 2 N–H and O–H groups in total. The summed E-state index contributed by atoms with van der Waals surface area (Å²) in [6, 6.07) is 4.25. The van der Waals surface area contributed by atoms with E-state index in [-0.39, 0.29) is 6.04 Å². The lowest BCUT2D eigenvalue weighted by atomic mass is 10.1. The van der Waals surface area contributed by atoms with Gasteiger partial charge in [0, 0.05) is 6.54 Å². The Balaban J connectivity index is 2.16. The van der Waals surface area contributed by atoms with Crippen LogP contribution in [0.15, 0.2) is 22.9 Å². The zero-order valence-corrected chi connectivity index (χ0v) is 10.5. The van der Waals surface area contributed by atoms with E-state index in [4.69, 9.17) is 5.73 Å². The van der Waals surface area contributed by atoms with Gasteiger partial charge in [0.15, 0.2) is 0 Å². The van der Waals surface area contributed by atoms with Gasteiger partial charge in [0.05, 0.1) is 17.4 Å². The molecule has 0 saturated carbocycles. The average Bonchev–Trinajstić information content (AvgIpc) is 2.86. The van der Waals surface area contributed by atoms with Crippen molar-refractivity contribution in [3.63, 3.8) is 0 Å². The monoisotopic (exact) mass is 235 g/mol. The van der Waals surface area contributed by atoms with Gasteiger partial charge in [-0.25, -0.2) is 0 Å². The van der Waals surface area contributed by atoms with Gasteiger partial charge in [0.25, 0.3) is 0 Å². The van der Waals surface area contributed by atoms with Crippen molar-refractivity contribution in [2.24, 2.45) is 5.73 Å². The first-order chi connectivity index (χ1) is 7.70. The van der Waals surface area contributed by atoms with Gasteiger partial charge in [-0.05, 0) is 48.7 Å². The second-order valence-electron chi connectivity index (χ2n) is 3.97. The summed E-state index contributed by atoms with van der Waals surface area (Å²) in [7, 11) is 0. The largest absolute Gasteiger partial charge is 0.322 e. The lowest BCUT2D eigenvalue weighted by Gasteiger charge is -2.12. The molecule has 16 heavy (non-hydrogen) atoms. The molecule has 0 saturated heterocycles. The van der Waals surface area contributed by atoms with E-state index in [1.165, 1.54) is 5.56 Å². The van der Waals surface area contributed by atoms with Gasteiger partial charge < -0.3 is 5.73 Å². The van der Waals surface area contributed by atoms with Gasteiger partial charge in [-0.1, -0.05) is 0 Å². The zero-order valence-electron chi connectivity index (χ0n) is 9.68. The summed E-state index contributed by atoms with van der Waals surface area (Å²) in [6.07, 6.45) is 0.884. The lowest BCUT2D eigenvalue weighted by Crippen LogP contribution is -2.17. The van der Waals surface area contributed by atoms with Crippen molar-refractivity contribution in [2.75, 3.05) is 0 Å². The van der Waals surface area contributed by atoms with E-state index in [9.17, 15) is 0 Å². The highest BCUT2D eigenvalue weighted by Gasteiger charge is 2.13. The Labute approximate surface area is 99.9 Å². The van der Waals surface area contributed by atoms with Crippen LogP contribution in [-0.4, -0.2) is 9.78 Å². The summed E-state index contributed by atoms with van der Waals surface area (Å²) < 4.78 is 1.99. The number of thiophene rings is 1. The molecule has 0 fully saturated rings. The van der Waals surface area contributed by atoms with E-state index in [1.54, 1.807) is 11.3 Å². The summed E-state index contributed by atoms with van der Waals surface area (Å²) in [4.78, 5) is 0. The molecule has 0 aromatic carbocycles. The Morgan fingerprint density at radius 1 is 1.56 bits per heavy atom. The summed E-state index contributed by atoms with van der Waals surface area (Å²) in [6.45, 7) is 4.97. The molecule has 1 atom stereocenters. The standard InChI is InChI=1S/C12H17N3S/c1-3-15-12(6-9(2)14-15)11(13)7-10-4-5-16-8-10/h4-6,8,11H,3,7,13H2,1-2H3. The van der Waals surface area contributed by atoms with Gasteiger partial charge in [-0.2, -0.15) is 16.4 Å². The predicted octanol–water partition coefficient (Wildman–Crippen LogP) is 2.52. The van der Waals surface area contributed by atoms with Crippen LogP contribution in [0.1, 0.15) is 29.9 Å². The van der Waals surface area contributed by atoms with Crippen LogP contribution in [-0.2, 0) is 13.0 Å². The van der Waals surface area contributed by atoms with Crippen molar-refractivity contribution in [3.05, 3.63) is 39.8 Å². The molecule has 0 amide bonds. The maximum atomic E-state index is 6.22. The minimum absolute atomic E-state index is 0.0377. The van der Waals surface area contributed by atoms with Crippen molar-refractivity contribution >= 4 is 11.3 Å². The molecule has 2 heterocycles. The molecule has 0 spiro atoms. The second kappa shape index (κ2) is 4.80. The lowest BCUT2D eigenvalue weighted by molar-refractivity contribution is 0.567. The van der Waals surface area contributed by atoms with E-state index >= 15 is 0 Å². The van der Waals surface area contributed by atoms with Crippen LogP contribution in [0, 0.1) is 6.92 Å². The van der Waals surface area contributed by atoms with Crippen molar-refractivity contribution in [1.29, 1.82) is 0 Å². The Bertz CT molecular complexity index is 445. The molecule has 2 aromatic rings. The topological polar surface area (TPSA) is 43.8 Å². The molecule has 0 aliphatic carbocycles. The van der Waals surface area contributed by atoms with Crippen LogP contribution in [0.4, 0.5) is 0 Å². The average molecular weight is 235 g/mol. The smallest absolute Gasteiger partial charge is 0.0597 e. The molecular weight excluding hydrogens is 218 g/mol. The van der Waals surface area contributed by atoms with Gasteiger partial charge in [0.1, 0.15) is 0 Å². The summed E-state index contributed by atoms with van der Waals surface area (Å²) >= 11 is 1.71. The zero-order chi connectivity index (χ0) is 11.5. The van der Waals surface area contributed by atoms with Gasteiger partial charge >= 0.3 is 0 Å². The number of hydrogen-bond donors (Lipinski definition) is 1. The maximum absolute atomic E-state index is 6.22. The normalized spacial score (nSPS) is 12.9. The molecule has 0 aliphatic heterocycles. The number of nitrogens with zero attached hydrogens (tertiary/aromatic N) is 2. The summed E-state index contributed by atoms with van der Waals surface area (Å²) in [5.74, 6) is 0. The molecular formula is C12H17N3S. The fourth-order valence-corrected chi connectivity index (χ4v) is 2.57. The maximum Gasteiger partial charge on any atom is 0.0597 e. The third-order valence-electron chi connectivity index (χ3n) is 2.65. The van der Waals surface area contributed by atoms with E-state index in [0.29, 0.717) is 0 Å². The highest BCUT2D eigenvalue weighted by molar-refractivity contribution is 7.07. The first-order valence-electron chi connectivity index (χ1n) is 5.51. The number of hydrogen-bond acceptors (Lipinski definition) is 3. The highest BCUT2D eigenvalue weighted by Crippen LogP contribution is 2.18. The molecule has 0 radical (unpaired) electrons. The molecule has 0 aliphatic rings. The van der Waals surface area contributed by atoms with Crippen LogP contribution >= 0.6 is 11.3 Å². The van der Waals surface area contributed by atoms with E-state index in [0.717, 1.165) is 24.4 Å². The Hall–Kier alpha value is -1.13. The van der Waals surface area contributed by atoms with E-state index in [1.807, 2.05) is 11.6 Å². The Morgan fingerprint density at radius 2 is 2.38 bits per heavy atom. The van der Waals surface area contributed by atoms with E-state index < -0.39 is 0 Å². The molecule has 86 valence electrons. The first kappa shape index (κ1) is 11.4. The number of aryl methyl sites for hydroxylation is 2. The fourth-order valence-electron chi connectivity index (χ4n) is 1.88. The molecule has 4 heteroatoms. The van der Waals surface area contributed by atoms with Crippen LogP contribution in [0.5, 0.6) is 0 Å². The minimum atomic E-state index is 0.0377. The van der Waals surface area contributed by atoms with Crippen LogP contribution in [0.3, 0.4) is 0 Å². The summed E-state index contributed by atoms with van der Waals surface area (Å²) in [5.41, 5.74) is 9.69. The van der Waals surface area contributed by atoms with Gasteiger partial charge in [0.2, 0.25) is 0 Å². The third-order valence-corrected chi connectivity index (χ3v) is 3.38. The fraction of sp³-hybridized carbons (Fsp3) is 0.417. The number of aromatic nitrogens is 2. The highest BCUT2D eigenvalue weighted by atomic mass is 32.1. The summed E-state index contributed by atoms with van der Waals surface area (Å²) in [5, 5.41) is 8.66. The molecule has 2 rings (SSSR count). The van der Waals surface area contributed by atoms with E-state index in [2.05, 4.69) is 34.9 Å². The van der Waals surface area contributed by atoms with Gasteiger partial charge in [-0.3, -0.25) is 4.68 Å². The van der Waals surface area contributed by atoms with Crippen molar-refractivity contribution < 1.29 is 0 Å². The van der Waals surface area contributed by atoms with Crippen molar-refractivity contribution in [3.8, 4) is 0 Å². The van der Waals surface area contributed by atoms with Crippen molar-refractivity contribution in [1.82, 2.24) is 9.78 Å². The Kier molecular flexibility index (Phi) is 3.41. The number of nitrogens with two attached hydrogens (primary N) is 1. The van der Waals surface area contributed by atoms with Gasteiger partial charge in [-0.15, -0.1) is 0 Å². The molecule has 2 aromatic heterocycles. The molecule has 0 bridgehead atoms. The predicted molar refractivity (Wildman–Crippen MR) is 67.6 cm³/mol. The quantitative estimate of drug-likeness (QED) is 0.885. The van der Waals surface area contributed by atoms with Crippen molar-refractivity contribution in [2.45, 2.75) is 32.9 Å². The Morgan fingerprint density at radius 3 is 3.00 bits per heavy atom. The number of rotatable bonds is 4. The minimum Gasteiger partial charge on any atom is -0.322 e. The molecule has 3 nitrogen and oxygen atoms in total.